The minimum absolute atomic E-state index is 0.121. The van der Waals surface area contributed by atoms with Crippen molar-refractivity contribution >= 4 is 11.6 Å². The van der Waals surface area contributed by atoms with E-state index in [2.05, 4.69) is 21.2 Å². The first kappa shape index (κ1) is 15.3. The van der Waals surface area contributed by atoms with E-state index in [-0.39, 0.29) is 18.7 Å². The number of aromatic nitrogens is 2. The molecule has 0 saturated heterocycles. The number of amides is 1. The minimum atomic E-state index is -0.554. The Morgan fingerprint density at radius 3 is 2.77 bits per heavy atom. The fourth-order valence-electron chi connectivity index (χ4n) is 2.08. The predicted octanol–water partition coefficient (Wildman–Crippen LogP) is 0.924. The molecule has 0 spiro atoms. The van der Waals surface area contributed by atoms with E-state index in [9.17, 15) is 14.4 Å². The molecule has 3 N–H and O–H groups in total. The average molecular weight is 297 g/mol. The third-order valence-corrected chi connectivity index (χ3v) is 3.17. The molecule has 1 aromatic carbocycles. The van der Waals surface area contributed by atoms with Gasteiger partial charge in [0.25, 0.3) is 5.56 Å². The van der Waals surface area contributed by atoms with Gasteiger partial charge in [-0.05, 0) is 31.5 Å². The Morgan fingerprint density at radius 1 is 1.32 bits per heavy atom. The lowest BCUT2D eigenvalue weighted by Gasteiger charge is -2.06. The summed E-state index contributed by atoms with van der Waals surface area (Å²) in [5, 5.41) is 2.72. The van der Waals surface area contributed by atoms with Gasteiger partial charge in [0.2, 0.25) is 5.91 Å². The zero-order chi connectivity index (χ0) is 16.1. The summed E-state index contributed by atoms with van der Waals surface area (Å²) in [4.78, 5) is 39.4. The van der Waals surface area contributed by atoms with Crippen LogP contribution in [0.4, 0.5) is 5.69 Å². The van der Waals surface area contributed by atoms with Crippen LogP contribution in [0.1, 0.15) is 23.2 Å². The van der Waals surface area contributed by atoms with E-state index in [0.29, 0.717) is 22.5 Å². The normalized spacial score (nSPS) is 10.0. The number of benzene rings is 1. The van der Waals surface area contributed by atoms with E-state index in [4.69, 9.17) is 6.42 Å². The van der Waals surface area contributed by atoms with Crippen LogP contribution in [0, 0.1) is 19.3 Å². The van der Waals surface area contributed by atoms with E-state index in [1.807, 2.05) is 0 Å². The van der Waals surface area contributed by atoms with Gasteiger partial charge >= 0.3 is 5.69 Å². The third kappa shape index (κ3) is 3.73. The fraction of sp³-hybridized carbons (Fsp3) is 0.188. The highest BCUT2D eigenvalue weighted by molar-refractivity contribution is 5.91. The Bertz CT molecular complexity index is 856. The van der Waals surface area contributed by atoms with E-state index in [1.54, 1.807) is 31.2 Å². The summed E-state index contributed by atoms with van der Waals surface area (Å²) in [6.07, 6.45) is 5.66. The number of H-pyrrole nitrogens is 2. The number of anilines is 1. The van der Waals surface area contributed by atoms with Crippen molar-refractivity contribution in [2.75, 3.05) is 5.32 Å². The largest absolute Gasteiger partial charge is 0.326 e. The van der Waals surface area contributed by atoms with Crippen LogP contribution < -0.4 is 16.6 Å². The van der Waals surface area contributed by atoms with Crippen molar-refractivity contribution in [1.29, 1.82) is 0 Å². The Morgan fingerprint density at radius 2 is 2.09 bits per heavy atom. The molecule has 0 aliphatic carbocycles. The number of hydrogen-bond acceptors (Lipinski definition) is 3. The lowest BCUT2D eigenvalue weighted by molar-refractivity contribution is -0.116. The van der Waals surface area contributed by atoms with Crippen molar-refractivity contribution in [3.8, 4) is 12.3 Å². The van der Waals surface area contributed by atoms with Crippen LogP contribution in [0.15, 0.2) is 33.9 Å². The Hall–Kier alpha value is -3.07. The van der Waals surface area contributed by atoms with Crippen LogP contribution in [0.5, 0.6) is 0 Å². The van der Waals surface area contributed by atoms with Gasteiger partial charge in [0, 0.05) is 28.9 Å². The van der Waals surface area contributed by atoms with Crippen LogP contribution in [0.3, 0.4) is 0 Å². The van der Waals surface area contributed by atoms with Gasteiger partial charge in [-0.2, -0.15) is 0 Å². The summed E-state index contributed by atoms with van der Waals surface area (Å²) in [5.41, 5.74) is 1.12. The van der Waals surface area contributed by atoms with Crippen LogP contribution >= 0.6 is 0 Å². The topological polar surface area (TPSA) is 94.8 Å². The smallest absolute Gasteiger partial charge is 0.325 e. The number of carbonyl (C=O) groups excluding carboxylic acids is 1. The number of rotatable bonds is 4. The van der Waals surface area contributed by atoms with E-state index in [0.717, 1.165) is 0 Å². The predicted molar refractivity (Wildman–Crippen MR) is 83.7 cm³/mol. The standard InChI is InChI=1S/C16H15N3O3/c1-3-11-5-4-6-12(9-11)18-14(20)8-7-13-10(2)17-16(22)19-15(13)21/h1,4-6,9H,7-8H2,2H3,(H,18,20)(H2,17,19,21,22). The molecule has 6 heteroatoms. The second kappa shape index (κ2) is 6.59. The molecular weight excluding hydrogens is 282 g/mol. The molecule has 0 bridgehead atoms. The molecule has 0 aliphatic rings. The summed E-state index contributed by atoms with van der Waals surface area (Å²) in [6.45, 7) is 1.63. The van der Waals surface area contributed by atoms with E-state index < -0.39 is 11.2 Å². The van der Waals surface area contributed by atoms with Crippen LogP contribution in [-0.2, 0) is 11.2 Å². The first-order chi connectivity index (χ1) is 10.5. The quantitative estimate of drug-likeness (QED) is 0.732. The summed E-state index contributed by atoms with van der Waals surface area (Å²) < 4.78 is 0. The zero-order valence-electron chi connectivity index (χ0n) is 12.0. The lowest BCUT2D eigenvalue weighted by Crippen LogP contribution is -2.27. The van der Waals surface area contributed by atoms with Crippen LogP contribution in [0.25, 0.3) is 0 Å². The fourth-order valence-corrected chi connectivity index (χ4v) is 2.08. The molecule has 1 heterocycles. The SMILES string of the molecule is C#Cc1cccc(NC(=O)CCc2c(C)[nH]c(=O)[nH]c2=O)c1. The monoisotopic (exact) mass is 297 g/mol. The molecule has 0 atom stereocenters. The third-order valence-electron chi connectivity index (χ3n) is 3.17. The summed E-state index contributed by atoms with van der Waals surface area (Å²) in [5.74, 6) is 2.25. The van der Waals surface area contributed by atoms with Crippen LogP contribution in [-0.4, -0.2) is 15.9 Å². The maximum absolute atomic E-state index is 11.9. The molecule has 0 aliphatic heterocycles. The van der Waals surface area contributed by atoms with Gasteiger partial charge in [0.1, 0.15) is 0 Å². The number of hydrogen-bond donors (Lipinski definition) is 3. The molecule has 2 rings (SSSR count). The van der Waals surface area contributed by atoms with Crippen molar-refractivity contribution in [3.63, 3.8) is 0 Å². The van der Waals surface area contributed by atoms with Crippen molar-refractivity contribution < 1.29 is 4.79 Å². The molecule has 6 nitrogen and oxygen atoms in total. The molecule has 112 valence electrons. The summed E-state index contributed by atoms with van der Waals surface area (Å²) >= 11 is 0. The average Bonchev–Trinajstić information content (AvgIpc) is 2.46. The summed E-state index contributed by atoms with van der Waals surface area (Å²) in [6, 6.07) is 6.94. The molecule has 0 saturated carbocycles. The first-order valence-electron chi connectivity index (χ1n) is 6.68. The number of terminal acetylenes is 1. The maximum atomic E-state index is 11.9. The van der Waals surface area contributed by atoms with E-state index in [1.165, 1.54) is 0 Å². The molecule has 2 aromatic rings. The number of nitrogens with one attached hydrogen (secondary N) is 3. The minimum Gasteiger partial charge on any atom is -0.326 e. The van der Waals surface area contributed by atoms with Crippen LogP contribution in [0.2, 0.25) is 0 Å². The Kier molecular flexibility index (Phi) is 4.59. The van der Waals surface area contributed by atoms with Crippen molar-refractivity contribution in [2.45, 2.75) is 19.8 Å². The molecule has 0 fully saturated rings. The zero-order valence-corrected chi connectivity index (χ0v) is 12.0. The van der Waals surface area contributed by atoms with E-state index >= 15 is 0 Å². The molecule has 1 aromatic heterocycles. The van der Waals surface area contributed by atoms with Gasteiger partial charge in [-0.25, -0.2) is 4.79 Å². The highest BCUT2D eigenvalue weighted by atomic mass is 16.2. The number of carbonyl (C=O) groups is 1. The van der Waals surface area contributed by atoms with Gasteiger partial charge in [-0.3, -0.25) is 14.6 Å². The summed E-state index contributed by atoms with van der Waals surface area (Å²) in [7, 11) is 0. The van der Waals surface area contributed by atoms with Crippen molar-refractivity contribution in [2.24, 2.45) is 0 Å². The lowest BCUT2D eigenvalue weighted by atomic mass is 10.1. The van der Waals surface area contributed by atoms with Crippen molar-refractivity contribution in [1.82, 2.24) is 9.97 Å². The second-order valence-electron chi connectivity index (χ2n) is 4.79. The molecule has 22 heavy (non-hydrogen) atoms. The second-order valence-corrected chi connectivity index (χ2v) is 4.79. The van der Waals surface area contributed by atoms with Gasteiger partial charge in [-0.1, -0.05) is 12.0 Å². The molecule has 1 amide bonds. The molecular formula is C16H15N3O3. The van der Waals surface area contributed by atoms with Gasteiger partial charge in [0.15, 0.2) is 0 Å². The Labute approximate surface area is 126 Å². The highest BCUT2D eigenvalue weighted by Gasteiger charge is 2.09. The van der Waals surface area contributed by atoms with Gasteiger partial charge < -0.3 is 10.3 Å². The number of aromatic amines is 2. The Balaban J connectivity index is 2.03. The molecule has 0 unspecified atom stereocenters. The number of aryl methyl sites for hydroxylation is 1. The molecule has 0 radical (unpaired) electrons. The maximum Gasteiger partial charge on any atom is 0.325 e. The highest BCUT2D eigenvalue weighted by Crippen LogP contribution is 2.10. The van der Waals surface area contributed by atoms with Crippen molar-refractivity contribution in [3.05, 3.63) is 61.9 Å². The van der Waals surface area contributed by atoms with Gasteiger partial charge in [0.05, 0.1) is 0 Å². The van der Waals surface area contributed by atoms with Gasteiger partial charge in [-0.15, -0.1) is 6.42 Å². The first-order valence-corrected chi connectivity index (χ1v) is 6.68.